The summed E-state index contributed by atoms with van der Waals surface area (Å²) in [5.41, 5.74) is 1.23. The zero-order valence-electron chi connectivity index (χ0n) is 8.70. The molecule has 0 aliphatic heterocycles. The molecule has 0 unspecified atom stereocenters. The molecule has 86 valence electrons. The van der Waals surface area contributed by atoms with Crippen LogP contribution in [0.2, 0.25) is 0 Å². The van der Waals surface area contributed by atoms with E-state index >= 15 is 0 Å². The van der Waals surface area contributed by atoms with Gasteiger partial charge in [0.05, 0.1) is 5.69 Å². The van der Waals surface area contributed by atoms with Crippen molar-refractivity contribution in [3.05, 3.63) is 62.8 Å². The lowest BCUT2D eigenvalue weighted by Gasteiger charge is -1.99. The fraction of sp³-hybridized carbons (Fsp3) is 0. The molecule has 4 heteroatoms. The normalized spacial score (nSPS) is 11.0. The molecule has 0 heterocycles. The molecule has 0 aliphatic carbocycles. The molecule has 0 fully saturated rings. The number of halogens is 3. The minimum atomic E-state index is -0.274. The van der Waals surface area contributed by atoms with E-state index in [0.717, 1.165) is 14.6 Å². The van der Waals surface area contributed by atoms with Crippen molar-refractivity contribution in [1.82, 2.24) is 0 Å². The Morgan fingerprint density at radius 1 is 1.06 bits per heavy atom. The van der Waals surface area contributed by atoms with Crippen molar-refractivity contribution in [3.63, 3.8) is 0 Å². The number of hydrogen-bond acceptors (Lipinski definition) is 1. The minimum absolute atomic E-state index is 0.274. The van der Waals surface area contributed by atoms with Gasteiger partial charge in [0.15, 0.2) is 0 Å². The molecule has 2 aromatic carbocycles. The fourth-order valence-corrected chi connectivity index (χ4v) is 2.45. The number of aliphatic imine (C=N–C) groups is 1. The summed E-state index contributed by atoms with van der Waals surface area (Å²) in [4.78, 5) is 4.25. The summed E-state index contributed by atoms with van der Waals surface area (Å²) < 4.78 is 15.2. The van der Waals surface area contributed by atoms with E-state index in [0.29, 0.717) is 5.56 Å². The van der Waals surface area contributed by atoms with Gasteiger partial charge in [-0.2, -0.15) is 0 Å². The third-order valence-corrected chi connectivity index (χ3v) is 3.29. The van der Waals surface area contributed by atoms with Gasteiger partial charge in [-0.3, -0.25) is 4.99 Å². The van der Waals surface area contributed by atoms with Gasteiger partial charge in [-0.15, -0.1) is 0 Å². The standard InChI is InChI=1S/C13H8Br2FN/c14-10-5-6-13(11(15)7-10)17-8-9-3-1-2-4-12(9)16/h1-8H. The number of benzene rings is 2. The SMILES string of the molecule is Fc1ccccc1C=Nc1ccc(Br)cc1Br. The lowest BCUT2D eigenvalue weighted by molar-refractivity contribution is 0.626. The largest absolute Gasteiger partial charge is 0.255 e. The molecule has 0 amide bonds. The molecule has 0 aromatic heterocycles. The molecule has 0 atom stereocenters. The first-order valence-corrected chi connectivity index (χ1v) is 6.49. The number of hydrogen-bond donors (Lipinski definition) is 0. The van der Waals surface area contributed by atoms with Gasteiger partial charge in [-0.1, -0.05) is 34.1 Å². The van der Waals surface area contributed by atoms with Gasteiger partial charge < -0.3 is 0 Å². The highest BCUT2D eigenvalue weighted by molar-refractivity contribution is 9.11. The van der Waals surface area contributed by atoms with Crippen molar-refractivity contribution in [2.24, 2.45) is 4.99 Å². The molecule has 2 aromatic rings. The third-order valence-electron chi connectivity index (χ3n) is 2.16. The van der Waals surface area contributed by atoms with Crippen LogP contribution in [0.5, 0.6) is 0 Å². The Hall–Kier alpha value is -1.000. The Kier molecular flexibility index (Phi) is 4.07. The van der Waals surface area contributed by atoms with Gasteiger partial charge in [0, 0.05) is 20.7 Å². The van der Waals surface area contributed by atoms with E-state index in [1.54, 1.807) is 18.2 Å². The van der Waals surface area contributed by atoms with Crippen LogP contribution in [-0.2, 0) is 0 Å². The maximum Gasteiger partial charge on any atom is 0.131 e. The summed E-state index contributed by atoms with van der Waals surface area (Å²) in [6, 6.07) is 12.2. The van der Waals surface area contributed by atoms with Gasteiger partial charge in [0.2, 0.25) is 0 Å². The van der Waals surface area contributed by atoms with Crippen LogP contribution < -0.4 is 0 Å². The zero-order valence-corrected chi connectivity index (χ0v) is 11.9. The van der Waals surface area contributed by atoms with Crippen molar-refractivity contribution in [2.45, 2.75) is 0 Å². The molecule has 1 nitrogen and oxygen atoms in total. The molecular weight excluding hydrogens is 349 g/mol. The maximum atomic E-state index is 13.3. The average Bonchev–Trinajstić information content (AvgIpc) is 2.30. The smallest absolute Gasteiger partial charge is 0.131 e. The fourth-order valence-electron chi connectivity index (χ4n) is 1.30. The van der Waals surface area contributed by atoms with Crippen molar-refractivity contribution in [2.75, 3.05) is 0 Å². The molecule has 0 saturated carbocycles. The molecule has 0 radical (unpaired) electrons. The summed E-state index contributed by atoms with van der Waals surface area (Å²) >= 11 is 6.76. The predicted molar refractivity (Wildman–Crippen MR) is 75.5 cm³/mol. The zero-order chi connectivity index (χ0) is 12.3. The average molecular weight is 357 g/mol. The van der Waals surface area contributed by atoms with E-state index in [4.69, 9.17) is 0 Å². The Morgan fingerprint density at radius 2 is 1.82 bits per heavy atom. The van der Waals surface area contributed by atoms with Crippen LogP contribution in [0.3, 0.4) is 0 Å². The molecule has 0 bridgehead atoms. The van der Waals surface area contributed by atoms with Crippen molar-refractivity contribution < 1.29 is 4.39 Å². The summed E-state index contributed by atoms with van der Waals surface area (Å²) in [5, 5.41) is 0. The summed E-state index contributed by atoms with van der Waals surface area (Å²) in [7, 11) is 0. The number of rotatable bonds is 2. The highest BCUT2D eigenvalue weighted by atomic mass is 79.9. The van der Waals surface area contributed by atoms with E-state index in [2.05, 4.69) is 36.9 Å². The summed E-state index contributed by atoms with van der Waals surface area (Å²) in [5.74, 6) is -0.274. The Balaban J connectivity index is 2.29. The third kappa shape index (κ3) is 3.23. The quantitative estimate of drug-likeness (QED) is 0.663. The van der Waals surface area contributed by atoms with Gasteiger partial charge in [-0.25, -0.2) is 4.39 Å². The van der Waals surface area contributed by atoms with Crippen molar-refractivity contribution in [1.29, 1.82) is 0 Å². The topological polar surface area (TPSA) is 12.4 Å². The highest BCUT2D eigenvalue weighted by Crippen LogP contribution is 2.28. The van der Waals surface area contributed by atoms with Crippen LogP contribution in [-0.4, -0.2) is 6.21 Å². The molecule has 0 aliphatic rings. The first-order valence-electron chi connectivity index (χ1n) is 4.90. The minimum Gasteiger partial charge on any atom is -0.255 e. The van der Waals surface area contributed by atoms with Crippen LogP contribution in [0.15, 0.2) is 56.4 Å². The van der Waals surface area contributed by atoms with Gasteiger partial charge in [-0.05, 0) is 40.2 Å². The molecule has 17 heavy (non-hydrogen) atoms. The maximum absolute atomic E-state index is 13.3. The van der Waals surface area contributed by atoms with E-state index < -0.39 is 0 Å². The van der Waals surface area contributed by atoms with E-state index in [9.17, 15) is 4.39 Å². The van der Waals surface area contributed by atoms with E-state index in [-0.39, 0.29) is 5.82 Å². The number of nitrogens with zero attached hydrogens (tertiary/aromatic N) is 1. The van der Waals surface area contributed by atoms with Gasteiger partial charge in [0.25, 0.3) is 0 Å². The van der Waals surface area contributed by atoms with Crippen LogP contribution in [0.25, 0.3) is 0 Å². The molecule has 0 spiro atoms. The second-order valence-electron chi connectivity index (χ2n) is 3.38. The van der Waals surface area contributed by atoms with Crippen LogP contribution in [0.4, 0.5) is 10.1 Å². The summed E-state index contributed by atoms with van der Waals surface area (Å²) in [6.45, 7) is 0. The van der Waals surface area contributed by atoms with E-state index in [1.165, 1.54) is 12.3 Å². The van der Waals surface area contributed by atoms with Gasteiger partial charge in [0.1, 0.15) is 5.82 Å². The van der Waals surface area contributed by atoms with Crippen molar-refractivity contribution >= 4 is 43.8 Å². The lowest BCUT2D eigenvalue weighted by atomic mass is 10.2. The monoisotopic (exact) mass is 355 g/mol. The van der Waals surface area contributed by atoms with Crippen molar-refractivity contribution in [3.8, 4) is 0 Å². The Morgan fingerprint density at radius 3 is 2.53 bits per heavy atom. The Bertz CT molecular complexity index is 567. The second kappa shape index (κ2) is 5.56. The Labute approximate surface area is 116 Å². The van der Waals surface area contributed by atoms with E-state index in [1.807, 2.05) is 18.2 Å². The lowest BCUT2D eigenvalue weighted by Crippen LogP contribution is -1.86. The molecular formula is C13H8Br2FN. The highest BCUT2D eigenvalue weighted by Gasteiger charge is 1.99. The second-order valence-corrected chi connectivity index (χ2v) is 5.15. The van der Waals surface area contributed by atoms with Crippen LogP contribution >= 0.6 is 31.9 Å². The van der Waals surface area contributed by atoms with Crippen LogP contribution in [0, 0.1) is 5.82 Å². The molecule has 0 N–H and O–H groups in total. The molecule has 2 rings (SSSR count). The van der Waals surface area contributed by atoms with Gasteiger partial charge >= 0.3 is 0 Å². The molecule has 0 saturated heterocycles. The first kappa shape index (κ1) is 12.5. The van der Waals surface area contributed by atoms with Crippen LogP contribution in [0.1, 0.15) is 5.56 Å². The first-order chi connectivity index (χ1) is 8.16. The predicted octanol–water partition coefficient (Wildman–Crippen LogP) is 5.10. The summed E-state index contributed by atoms with van der Waals surface area (Å²) in [6.07, 6.45) is 1.52.